The lowest BCUT2D eigenvalue weighted by Gasteiger charge is -2.55. The van der Waals surface area contributed by atoms with E-state index < -0.39 is 75.1 Å². The van der Waals surface area contributed by atoms with Crippen LogP contribution in [0.15, 0.2) is 42.5 Å². The van der Waals surface area contributed by atoms with Crippen LogP contribution in [0.1, 0.15) is 106 Å². The van der Waals surface area contributed by atoms with Crippen molar-refractivity contribution < 1.29 is 68.9 Å². The lowest BCUT2D eigenvalue weighted by atomic mass is 9.50. The van der Waals surface area contributed by atoms with Crippen LogP contribution in [0.25, 0.3) is 0 Å². The van der Waals surface area contributed by atoms with Gasteiger partial charge in [0.25, 0.3) is 0 Å². The third-order valence-electron chi connectivity index (χ3n) is 9.64. The van der Waals surface area contributed by atoms with Crippen LogP contribution in [0.5, 0.6) is 23.0 Å². The molecule has 0 atom stereocenters. The maximum atomic E-state index is 12.9. The summed E-state index contributed by atoms with van der Waals surface area (Å²) >= 11 is 0. The Morgan fingerprint density at radius 3 is 1.35 bits per heavy atom. The zero-order valence-electron chi connectivity index (χ0n) is 24.9. The van der Waals surface area contributed by atoms with Crippen molar-refractivity contribution >= 4 is 35.8 Å². The third-order valence-corrected chi connectivity index (χ3v) is 9.64. The van der Waals surface area contributed by atoms with E-state index in [9.17, 15) is 59.4 Å². The monoisotopic (exact) mass is 660 g/mol. The molecule has 3 aromatic carbocycles. The van der Waals surface area contributed by atoms with Crippen LogP contribution in [0, 0.1) is 23.7 Å². The Balaban J connectivity index is 1.61. The smallest absolute Gasteiger partial charge is 0.337 e. The lowest BCUT2D eigenvalue weighted by Crippen LogP contribution is -2.44. The summed E-state index contributed by atoms with van der Waals surface area (Å²) in [4.78, 5) is 72.7. The summed E-state index contributed by atoms with van der Waals surface area (Å²) < 4.78 is 12.2. The first-order valence-electron chi connectivity index (χ1n) is 15.0. The molecule has 3 aromatic rings. The second kappa shape index (κ2) is 12.0. The summed E-state index contributed by atoms with van der Waals surface area (Å²) in [6, 6.07) is 7.02. The number of hydrogen-bond acceptors (Lipinski definition) is 8. The molecule has 14 heteroatoms. The molecule has 0 aromatic heterocycles. The standard InChI is InChI=1S/C34H28O14/c35-29(36)19-3-1-17(10-21(19)31(39)40)47-24-12-23(33(43)44)26(34(45)46)27(25-15-6-13-5-14(8-15)9-16(25)7-13)28(24)48-18-2-4-20(30(37)38)22(11-18)32(41)42/h1-4,10-16,25H,5-9H2,(H,35,36)(H,37,38)(H,39,40)(H,41,42)(H,43,44)(H,45,46). The van der Waals surface area contributed by atoms with Crippen molar-refractivity contribution in [1.29, 1.82) is 0 Å². The summed E-state index contributed by atoms with van der Waals surface area (Å²) in [6.07, 6.45) is 4.17. The molecule has 0 radical (unpaired) electrons. The number of carbonyl (C=O) groups is 6. The second-order valence-electron chi connectivity index (χ2n) is 12.4. The Labute approximate surface area is 270 Å². The SMILES string of the molecule is O=C(O)c1ccc(Oc2cc(C(=O)O)c(C(=O)O)c(C3C4CC5CC(C4)CC3C5)c2Oc2ccc(C(=O)O)c(C(=O)O)c2)cc1C(=O)O. The molecule has 0 unspecified atom stereocenters. The number of hydrogen-bond donors (Lipinski definition) is 6. The summed E-state index contributed by atoms with van der Waals surface area (Å²) in [5, 5.41) is 59.1. The van der Waals surface area contributed by atoms with Gasteiger partial charge in [-0.15, -0.1) is 0 Å². The van der Waals surface area contributed by atoms with E-state index in [0.717, 1.165) is 74.6 Å². The zero-order chi connectivity index (χ0) is 34.6. The summed E-state index contributed by atoms with van der Waals surface area (Å²) in [5.41, 5.74) is -3.52. The molecule has 0 spiro atoms. The van der Waals surface area contributed by atoms with E-state index in [1.165, 1.54) is 0 Å². The highest BCUT2D eigenvalue weighted by molar-refractivity contribution is 6.05. The minimum atomic E-state index is -1.60. The van der Waals surface area contributed by atoms with Crippen molar-refractivity contribution in [2.75, 3.05) is 0 Å². The van der Waals surface area contributed by atoms with Gasteiger partial charge in [0.1, 0.15) is 11.5 Å². The summed E-state index contributed by atoms with van der Waals surface area (Å²) in [6.45, 7) is 0. The largest absolute Gasteiger partial charge is 0.478 e. The van der Waals surface area contributed by atoms with Crippen molar-refractivity contribution in [3.05, 3.63) is 81.4 Å². The molecular formula is C34H28O14. The van der Waals surface area contributed by atoms with E-state index in [0.29, 0.717) is 11.8 Å². The Hall–Kier alpha value is -5.92. The third kappa shape index (κ3) is 5.65. The molecule has 248 valence electrons. The first kappa shape index (κ1) is 32.0. The Bertz CT molecular complexity index is 1900. The molecule has 6 N–H and O–H groups in total. The van der Waals surface area contributed by atoms with Crippen LogP contribution in [-0.4, -0.2) is 66.5 Å². The van der Waals surface area contributed by atoms with Gasteiger partial charge in [-0.2, -0.15) is 0 Å². The molecule has 4 aliphatic rings. The van der Waals surface area contributed by atoms with Crippen LogP contribution >= 0.6 is 0 Å². The maximum absolute atomic E-state index is 12.9. The highest BCUT2D eigenvalue weighted by Crippen LogP contribution is 2.62. The fraction of sp³-hybridized carbons (Fsp3) is 0.294. The predicted octanol–water partition coefficient (Wildman–Crippen LogP) is 6.00. The Kier molecular flexibility index (Phi) is 8.03. The van der Waals surface area contributed by atoms with Crippen molar-refractivity contribution in [2.45, 2.75) is 38.0 Å². The van der Waals surface area contributed by atoms with Crippen LogP contribution < -0.4 is 9.47 Å². The lowest BCUT2D eigenvalue weighted by molar-refractivity contribution is -0.00388. The van der Waals surface area contributed by atoms with Gasteiger partial charge in [0.05, 0.1) is 33.4 Å². The predicted molar refractivity (Wildman–Crippen MR) is 161 cm³/mol. The molecule has 48 heavy (non-hydrogen) atoms. The van der Waals surface area contributed by atoms with E-state index >= 15 is 0 Å². The highest BCUT2D eigenvalue weighted by atomic mass is 16.5. The molecule has 0 amide bonds. The van der Waals surface area contributed by atoms with Crippen LogP contribution in [0.2, 0.25) is 0 Å². The van der Waals surface area contributed by atoms with E-state index in [2.05, 4.69) is 0 Å². The zero-order valence-corrected chi connectivity index (χ0v) is 24.9. The van der Waals surface area contributed by atoms with E-state index in [-0.39, 0.29) is 40.4 Å². The number of aromatic carboxylic acids is 6. The molecule has 14 nitrogen and oxygen atoms in total. The normalized spacial score (nSPS) is 22.1. The summed E-state index contributed by atoms with van der Waals surface area (Å²) in [7, 11) is 0. The highest BCUT2D eigenvalue weighted by Gasteiger charge is 2.51. The minimum absolute atomic E-state index is 0.0194. The summed E-state index contributed by atoms with van der Waals surface area (Å²) in [5.74, 6) is -10.2. The van der Waals surface area contributed by atoms with Crippen LogP contribution in [-0.2, 0) is 0 Å². The first-order valence-corrected chi connectivity index (χ1v) is 15.0. The molecular weight excluding hydrogens is 632 g/mol. The minimum Gasteiger partial charge on any atom is -0.478 e. The number of benzene rings is 3. The molecule has 0 aliphatic heterocycles. The van der Waals surface area contributed by atoms with Gasteiger partial charge in [-0.05, 0) is 98.1 Å². The molecule has 4 fully saturated rings. The van der Waals surface area contributed by atoms with Crippen molar-refractivity contribution in [2.24, 2.45) is 23.7 Å². The van der Waals surface area contributed by atoms with Crippen molar-refractivity contribution in [3.8, 4) is 23.0 Å². The van der Waals surface area contributed by atoms with Crippen LogP contribution in [0.4, 0.5) is 0 Å². The second-order valence-corrected chi connectivity index (χ2v) is 12.4. The van der Waals surface area contributed by atoms with E-state index in [1.54, 1.807) is 0 Å². The fourth-order valence-corrected chi connectivity index (χ4v) is 8.10. The van der Waals surface area contributed by atoms with Crippen molar-refractivity contribution in [1.82, 2.24) is 0 Å². The first-order chi connectivity index (χ1) is 22.7. The average molecular weight is 661 g/mol. The maximum Gasteiger partial charge on any atom is 0.337 e. The average Bonchev–Trinajstić information content (AvgIpc) is 3.00. The molecule has 0 saturated heterocycles. The molecule has 4 saturated carbocycles. The fourth-order valence-electron chi connectivity index (χ4n) is 8.10. The van der Waals surface area contributed by atoms with Gasteiger partial charge in [0, 0.05) is 11.6 Å². The van der Waals surface area contributed by atoms with Gasteiger partial charge in [0.15, 0.2) is 11.5 Å². The van der Waals surface area contributed by atoms with Crippen molar-refractivity contribution in [3.63, 3.8) is 0 Å². The van der Waals surface area contributed by atoms with Gasteiger partial charge in [-0.3, -0.25) is 0 Å². The topological polar surface area (TPSA) is 242 Å². The van der Waals surface area contributed by atoms with Gasteiger partial charge < -0.3 is 40.1 Å². The molecule has 4 aliphatic carbocycles. The molecule has 0 heterocycles. The van der Waals surface area contributed by atoms with Gasteiger partial charge in [0.2, 0.25) is 0 Å². The Morgan fingerprint density at radius 2 is 0.938 bits per heavy atom. The number of carboxylic acid groups (broad SMARTS) is 6. The van der Waals surface area contributed by atoms with Gasteiger partial charge in [-0.1, -0.05) is 0 Å². The number of ether oxygens (including phenoxy) is 2. The van der Waals surface area contributed by atoms with Gasteiger partial charge >= 0.3 is 35.8 Å². The number of rotatable bonds is 11. The Morgan fingerprint density at radius 1 is 0.500 bits per heavy atom. The number of carboxylic acids is 6. The van der Waals surface area contributed by atoms with Crippen LogP contribution in [0.3, 0.4) is 0 Å². The van der Waals surface area contributed by atoms with Gasteiger partial charge in [-0.25, -0.2) is 28.8 Å². The van der Waals surface area contributed by atoms with E-state index in [1.807, 2.05) is 0 Å². The quantitative estimate of drug-likeness (QED) is 0.138. The molecule has 7 rings (SSSR count). The molecule has 4 bridgehead atoms. The van der Waals surface area contributed by atoms with E-state index in [4.69, 9.17) is 9.47 Å².